The molecule has 1 saturated carbocycles. The van der Waals surface area contributed by atoms with Gasteiger partial charge in [0.15, 0.2) is 11.5 Å². The summed E-state index contributed by atoms with van der Waals surface area (Å²) in [6, 6.07) is 2.06. The monoisotopic (exact) mass is 437 g/mol. The first-order valence-electron chi connectivity index (χ1n) is 9.73. The second-order valence-electron chi connectivity index (χ2n) is 7.69. The average molecular weight is 438 g/mol. The number of halogens is 1. The molecular formula is C20H24BrNO5. The predicted octanol–water partition coefficient (Wildman–Crippen LogP) is 3.49. The molecule has 6 atom stereocenters. The molecule has 27 heavy (non-hydrogen) atoms. The molecule has 1 aromatic carbocycles. The van der Waals surface area contributed by atoms with Crippen molar-refractivity contribution < 1.29 is 23.7 Å². The number of benzene rings is 1. The Balaban J connectivity index is 1.61. The minimum Gasteiger partial charge on any atom is -0.493 e. The van der Waals surface area contributed by atoms with Crippen molar-refractivity contribution in [3.63, 3.8) is 0 Å². The van der Waals surface area contributed by atoms with E-state index in [0.29, 0.717) is 19.1 Å². The SMILES string of the molecule is CCOC(=O)N(CC)[C@@H]1Cc2c(Br)cc(OC)c3c2C2[C@H]1C[C@@H]1O[C@@H]1[C@@H]2O3. The third kappa shape index (κ3) is 2.43. The smallest absolute Gasteiger partial charge is 0.410 e. The van der Waals surface area contributed by atoms with Crippen LogP contribution in [0.3, 0.4) is 0 Å². The van der Waals surface area contributed by atoms with Gasteiger partial charge in [-0.15, -0.1) is 0 Å². The first-order valence-corrected chi connectivity index (χ1v) is 10.5. The number of hydrogen-bond acceptors (Lipinski definition) is 5. The second kappa shape index (κ2) is 6.27. The van der Waals surface area contributed by atoms with Crippen molar-refractivity contribution in [2.24, 2.45) is 5.92 Å². The van der Waals surface area contributed by atoms with Crippen LogP contribution >= 0.6 is 15.9 Å². The van der Waals surface area contributed by atoms with Gasteiger partial charge in [0.2, 0.25) is 0 Å². The number of amides is 1. The van der Waals surface area contributed by atoms with Crippen molar-refractivity contribution >= 4 is 22.0 Å². The summed E-state index contributed by atoms with van der Waals surface area (Å²) in [4.78, 5) is 14.5. The van der Waals surface area contributed by atoms with E-state index in [1.807, 2.05) is 24.8 Å². The molecule has 0 aromatic heterocycles. The van der Waals surface area contributed by atoms with Gasteiger partial charge in [0.1, 0.15) is 12.2 Å². The standard InChI is InChI=1S/C20H24BrNO5/c1-4-22(20(23)25-5-2)12-6-9-11(21)8-13(24-3)17-15(9)16-10(12)7-14-18(26-14)19(16)27-17/h8,10,12,14,16,18-19H,4-7H2,1-3H3/t10-,12+,14-,16?,18-,19+/m0/s1. The zero-order chi connectivity index (χ0) is 18.9. The minimum atomic E-state index is -0.229. The lowest BCUT2D eigenvalue weighted by Crippen LogP contribution is -2.53. The number of carbonyl (C=O) groups is 1. The third-order valence-electron chi connectivity index (χ3n) is 6.56. The number of methoxy groups -OCH3 is 1. The van der Waals surface area contributed by atoms with E-state index in [-0.39, 0.29) is 36.4 Å². The molecule has 1 amide bonds. The molecule has 2 aliphatic heterocycles. The van der Waals surface area contributed by atoms with Crippen LogP contribution in [0.2, 0.25) is 0 Å². The van der Waals surface area contributed by atoms with E-state index in [1.165, 1.54) is 11.1 Å². The molecule has 4 aliphatic rings. The van der Waals surface area contributed by atoms with Crippen molar-refractivity contribution in [1.29, 1.82) is 0 Å². The highest BCUT2D eigenvalue weighted by atomic mass is 79.9. The van der Waals surface area contributed by atoms with Gasteiger partial charge in [-0.05, 0) is 44.2 Å². The van der Waals surface area contributed by atoms with E-state index >= 15 is 0 Å². The Hall–Kier alpha value is -1.47. The molecular weight excluding hydrogens is 414 g/mol. The van der Waals surface area contributed by atoms with Gasteiger partial charge in [0.05, 0.1) is 19.8 Å². The van der Waals surface area contributed by atoms with Crippen molar-refractivity contribution in [3.8, 4) is 11.5 Å². The zero-order valence-electron chi connectivity index (χ0n) is 15.7. The molecule has 7 heteroatoms. The summed E-state index contributed by atoms with van der Waals surface area (Å²) in [5.74, 6) is 2.16. The van der Waals surface area contributed by atoms with Gasteiger partial charge in [0.25, 0.3) is 0 Å². The molecule has 0 spiro atoms. The fourth-order valence-corrected chi connectivity index (χ4v) is 6.04. The van der Waals surface area contributed by atoms with E-state index in [2.05, 4.69) is 15.9 Å². The lowest BCUT2D eigenvalue weighted by molar-refractivity contribution is 0.0480. The van der Waals surface area contributed by atoms with Crippen molar-refractivity contribution in [1.82, 2.24) is 4.90 Å². The summed E-state index contributed by atoms with van der Waals surface area (Å²) in [5, 5.41) is 0. The number of fused-ring (bicyclic) bond motifs is 2. The molecule has 5 rings (SSSR count). The summed E-state index contributed by atoms with van der Waals surface area (Å²) in [6.45, 7) is 4.88. The normalized spacial score (nSPS) is 34.2. The van der Waals surface area contributed by atoms with Crippen LogP contribution in [0.1, 0.15) is 37.3 Å². The number of nitrogens with zero attached hydrogens (tertiary/aromatic N) is 1. The van der Waals surface area contributed by atoms with Crippen LogP contribution in [0.4, 0.5) is 4.79 Å². The number of carbonyl (C=O) groups excluding carboxylic acids is 1. The molecule has 0 N–H and O–H groups in total. The average Bonchev–Trinajstić information content (AvgIpc) is 3.33. The van der Waals surface area contributed by atoms with Gasteiger partial charge in [0, 0.05) is 28.5 Å². The minimum absolute atomic E-state index is 0.00871. The molecule has 1 saturated heterocycles. The maximum absolute atomic E-state index is 12.6. The molecule has 2 heterocycles. The van der Waals surface area contributed by atoms with Crippen LogP contribution in [-0.4, -0.2) is 55.6 Å². The van der Waals surface area contributed by atoms with Gasteiger partial charge in [-0.25, -0.2) is 4.79 Å². The lowest BCUT2D eigenvalue weighted by Gasteiger charge is -2.44. The van der Waals surface area contributed by atoms with Gasteiger partial charge < -0.3 is 23.8 Å². The highest BCUT2D eigenvalue weighted by Gasteiger charge is 2.64. The van der Waals surface area contributed by atoms with Crippen molar-refractivity contribution in [3.05, 3.63) is 21.7 Å². The molecule has 146 valence electrons. The van der Waals surface area contributed by atoms with E-state index in [9.17, 15) is 4.79 Å². The molecule has 1 aromatic rings. The Labute approximate surface area is 167 Å². The molecule has 0 bridgehead atoms. The topological polar surface area (TPSA) is 60.5 Å². The number of epoxide rings is 1. The molecule has 6 nitrogen and oxygen atoms in total. The predicted molar refractivity (Wildman–Crippen MR) is 102 cm³/mol. The lowest BCUT2D eigenvalue weighted by atomic mass is 9.65. The summed E-state index contributed by atoms with van der Waals surface area (Å²) < 4.78 is 24.3. The Bertz CT molecular complexity index is 799. The Morgan fingerprint density at radius 1 is 1.37 bits per heavy atom. The largest absolute Gasteiger partial charge is 0.493 e. The summed E-state index contributed by atoms with van der Waals surface area (Å²) in [5.41, 5.74) is 2.47. The Kier molecular flexibility index (Phi) is 4.09. The number of rotatable bonds is 4. The molecule has 1 unspecified atom stereocenters. The van der Waals surface area contributed by atoms with Gasteiger partial charge in [-0.3, -0.25) is 0 Å². The number of ether oxygens (including phenoxy) is 4. The maximum atomic E-state index is 12.6. The third-order valence-corrected chi connectivity index (χ3v) is 7.27. The van der Waals surface area contributed by atoms with Crippen LogP contribution in [0.5, 0.6) is 11.5 Å². The number of hydrogen-bond donors (Lipinski definition) is 0. The van der Waals surface area contributed by atoms with Crippen LogP contribution in [0.25, 0.3) is 0 Å². The Morgan fingerprint density at radius 2 is 2.19 bits per heavy atom. The maximum Gasteiger partial charge on any atom is 0.410 e. The Morgan fingerprint density at radius 3 is 2.89 bits per heavy atom. The summed E-state index contributed by atoms with van der Waals surface area (Å²) >= 11 is 3.73. The van der Waals surface area contributed by atoms with Crippen LogP contribution in [-0.2, 0) is 15.9 Å². The van der Waals surface area contributed by atoms with Gasteiger partial charge in [-0.2, -0.15) is 0 Å². The number of likely N-dealkylation sites (N-methyl/N-ethyl adjacent to an activating group) is 1. The van der Waals surface area contributed by atoms with E-state index < -0.39 is 0 Å². The molecule has 2 fully saturated rings. The fraction of sp³-hybridized carbons (Fsp3) is 0.650. The van der Waals surface area contributed by atoms with E-state index in [1.54, 1.807) is 7.11 Å². The van der Waals surface area contributed by atoms with Gasteiger partial charge >= 0.3 is 6.09 Å². The first-order chi connectivity index (χ1) is 13.1. The quantitative estimate of drug-likeness (QED) is 0.674. The van der Waals surface area contributed by atoms with Crippen LogP contribution < -0.4 is 9.47 Å². The summed E-state index contributed by atoms with van der Waals surface area (Å²) in [6.07, 6.45) is 1.93. The van der Waals surface area contributed by atoms with Crippen molar-refractivity contribution in [2.45, 2.75) is 57.0 Å². The van der Waals surface area contributed by atoms with Crippen molar-refractivity contribution in [2.75, 3.05) is 20.3 Å². The molecule has 2 aliphatic carbocycles. The molecule has 0 radical (unpaired) electrons. The van der Waals surface area contributed by atoms with Crippen LogP contribution in [0, 0.1) is 5.92 Å². The highest BCUT2D eigenvalue weighted by Crippen LogP contribution is 2.62. The van der Waals surface area contributed by atoms with E-state index in [0.717, 1.165) is 28.8 Å². The van der Waals surface area contributed by atoms with Gasteiger partial charge in [-0.1, -0.05) is 15.9 Å². The fourth-order valence-electron chi connectivity index (χ4n) is 5.46. The summed E-state index contributed by atoms with van der Waals surface area (Å²) in [7, 11) is 1.68. The second-order valence-corrected chi connectivity index (χ2v) is 8.54. The highest BCUT2D eigenvalue weighted by molar-refractivity contribution is 9.10. The first kappa shape index (κ1) is 17.6. The zero-order valence-corrected chi connectivity index (χ0v) is 17.3. The van der Waals surface area contributed by atoms with Crippen LogP contribution in [0.15, 0.2) is 10.5 Å². The van der Waals surface area contributed by atoms with E-state index in [4.69, 9.17) is 18.9 Å².